The summed E-state index contributed by atoms with van der Waals surface area (Å²) < 4.78 is -1.22. The standard InChI is InChI=1S/C33H44N4O4S/c1-6-36(7-2)24-15-13-23(14-16-24)35-30(40)28-33-18-17-32(5,42-33)26(29(39)34-22-11-9-8-10-12-22)27(33)31(41)37(28)25(20-38)19-21(3)4/h8-16,21,25-28,38H,6-7,17-20H2,1-5H3,(H,34,39)(H,35,40)/t25-,26+,27+,28?,32-,33?/m1/s1. The second kappa shape index (κ2) is 11.9. The number of hydrogen-bond acceptors (Lipinski definition) is 6. The first kappa shape index (κ1) is 30.4. The van der Waals surface area contributed by atoms with Crippen LogP contribution in [0.2, 0.25) is 0 Å². The molecule has 3 heterocycles. The summed E-state index contributed by atoms with van der Waals surface area (Å²) in [6.07, 6.45) is 1.96. The van der Waals surface area contributed by atoms with E-state index in [-0.39, 0.29) is 30.2 Å². The van der Waals surface area contributed by atoms with Gasteiger partial charge in [0.1, 0.15) is 6.04 Å². The lowest BCUT2D eigenvalue weighted by Gasteiger charge is -2.37. The van der Waals surface area contributed by atoms with Crippen molar-refractivity contribution < 1.29 is 19.5 Å². The number of para-hydroxylation sites is 1. The van der Waals surface area contributed by atoms with Crippen LogP contribution in [0.15, 0.2) is 54.6 Å². The van der Waals surface area contributed by atoms with Crippen molar-refractivity contribution in [3.8, 4) is 0 Å². The van der Waals surface area contributed by atoms with Crippen LogP contribution in [0.4, 0.5) is 17.1 Å². The third kappa shape index (κ3) is 5.19. The summed E-state index contributed by atoms with van der Waals surface area (Å²) in [5, 5.41) is 16.7. The number of carbonyl (C=O) groups excluding carboxylic acids is 3. The quantitative estimate of drug-likeness (QED) is 0.340. The smallest absolute Gasteiger partial charge is 0.248 e. The normalized spacial score (nSPS) is 28.6. The minimum atomic E-state index is -0.797. The maximum absolute atomic E-state index is 14.5. The zero-order valence-corrected chi connectivity index (χ0v) is 26.1. The molecule has 3 fully saturated rings. The van der Waals surface area contributed by atoms with Crippen molar-refractivity contribution in [3.05, 3.63) is 54.6 Å². The second-order valence-corrected chi connectivity index (χ2v) is 14.4. The third-order valence-corrected chi connectivity index (χ3v) is 11.4. The zero-order chi connectivity index (χ0) is 30.2. The Kier molecular flexibility index (Phi) is 8.63. The average Bonchev–Trinajstić information content (AvgIpc) is 3.54. The molecule has 3 amide bonds. The zero-order valence-electron chi connectivity index (χ0n) is 25.3. The predicted octanol–water partition coefficient (Wildman–Crippen LogP) is 5.00. The summed E-state index contributed by atoms with van der Waals surface area (Å²) >= 11 is 1.64. The SMILES string of the molecule is CCN(CC)c1ccc(NC(=O)C2N([C@@H](CO)CC(C)C)C(=O)[C@@H]3[C@@H](C(=O)Nc4ccccc4)[C@@]4(C)CCC23S4)cc1. The molecule has 0 aromatic heterocycles. The molecule has 2 aromatic rings. The van der Waals surface area contributed by atoms with Crippen LogP contribution < -0.4 is 15.5 Å². The van der Waals surface area contributed by atoms with Crippen LogP contribution in [0.1, 0.15) is 53.9 Å². The molecular formula is C33H44N4O4S. The van der Waals surface area contributed by atoms with E-state index in [4.69, 9.17) is 0 Å². The lowest BCUT2D eigenvalue weighted by atomic mass is 9.66. The highest BCUT2D eigenvalue weighted by atomic mass is 32.2. The van der Waals surface area contributed by atoms with Crippen molar-refractivity contribution in [2.45, 2.75) is 75.5 Å². The van der Waals surface area contributed by atoms with Crippen molar-refractivity contribution in [3.63, 3.8) is 0 Å². The highest BCUT2D eigenvalue weighted by Crippen LogP contribution is 2.71. The van der Waals surface area contributed by atoms with Crippen molar-refractivity contribution >= 4 is 46.5 Å². The van der Waals surface area contributed by atoms with E-state index >= 15 is 0 Å². The number of hydrogen-bond donors (Lipinski definition) is 3. The summed E-state index contributed by atoms with van der Waals surface area (Å²) in [4.78, 5) is 46.5. The predicted molar refractivity (Wildman–Crippen MR) is 170 cm³/mol. The second-order valence-electron chi connectivity index (χ2n) is 12.5. The molecule has 8 nitrogen and oxygen atoms in total. The van der Waals surface area contributed by atoms with Gasteiger partial charge in [0, 0.05) is 34.9 Å². The van der Waals surface area contributed by atoms with Gasteiger partial charge in [0.25, 0.3) is 0 Å². The van der Waals surface area contributed by atoms with Gasteiger partial charge in [-0.15, -0.1) is 11.8 Å². The first-order valence-corrected chi connectivity index (χ1v) is 16.0. The molecule has 6 atom stereocenters. The number of carbonyl (C=O) groups is 3. The molecule has 5 rings (SSSR count). The van der Waals surface area contributed by atoms with E-state index in [0.717, 1.165) is 25.2 Å². The number of likely N-dealkylation sites (tertiary alicyclic amines) is 1. The topological polar surface area (TPSA) is 102 Å². The van der Waals surface area contributed by atoms with Crippen LogP contribution in [0, 0.1) is 17.8 Å². The Labute approximate surface area is 253 Å². The lowest BCUT2D eigenvalue weighted by Crippen LogP contribution is -2.55. The van der Waals surface area contributed by atoms with Gasteiger partial charge in [0.15, 0.2) is 0 Å². The van der Waals surface area contributed by atoms with E-state index in [0.29, 0.717) is 24.2 Å². The van der Waals surface area contributed by atoms with E-state index in [2.05, 4.69) is 36.3 Å². The Morgan fingerprint density at radius 2 is 1.62 bits per heavy atom. The molecule has 2 bridgehead atoms. The molecule has 2 unspecified atom stereocenters. The van der Waals surface area contributed by atoms with E-state index in [1.165, 1.54) is 0 Å². The van der Waals surface area contributed by atoms with Crippen molar-refractivity contribution in [2.75, 3.05) is 35.2 Å². The Morgan fingerprint density at radius 1 is 1.00 bits per heavy atom. The molecule has 2 aromatic carbocycles. The van der Waals surface area contributed by atoms with E-state index in [1.807, 2.05) is 68.4 Å². The molecule has 3 N–H and O–H groups in total. The Bertz CT molecular complexity index is 1300. The number of benzene rings is 2. The van der Waals surface area contributed by atoms with Gasteiger partial charge in [0.2, 0.25) is 17.7 Å². The average molecular weight is 593 g/mol. The molecular weight excluding hydrogens is 548 g/mol. The largest absolute Gasteiger partial charge is 0.394 e. The molecule has 3 aliphatic rings. The number of amides is 3. The summed E-state index contributed by atoms with van der Waals surface area (Å²) in [5.41, 5.74) is 2.43. The fourth-order valence-electron chi connectivity index (χ4n) is 7.57. The molecule has 3 saturated heterocycles. The molecule has 42 heavy (non-hydrogen) atoms. The number of rotatable bonds is 11. The maximum Gasteiger partial charge on any atom is 0.248 e. The lowest BCUT2D eigenvalue weighted by molar-refractivity contribution is -0.142. The molecule has 0 aliphatic carbocycles. The van der Waals surface area contributed by atoms with Crippen molar-refractivity contribution in [1.29, 1.82) is 0 Å². The molecule has 0 radical (unpaired) electrons. The number of aliphatic hydroxyl groups excluding tert-OH is 1. The van der Waals surface area contributed by atoms with E-state index in [9.17, 15) is 19.5 Å². The summed E-state index contributed by atoms with van der Waals surface area (Å²) in [6, 6.07) is 15.8. The Hall–Kier alpha value is -3.04. The molecule has 9 heteroatoms. The van der Waals surface area contributed by atoms with Gasteiger partial charge in [-0.2, -0.15) is 0 Å². The highest BCUT2D eigenvalue weighted by Gasteiger charge is 2.77. The van der Waals surface area contributed by atoms with Gasteiger partial charge in [-0.3, -0.25) is 14.4 Å². The number of fused-ring (bicyclic) bond motifs is 1. The summed E-state index contributed by atoms with van der Waals surface area (Å²) in [7, 11) is 0. The molecule has 0 saturated carbocycles. The van der Waals surface area contributed by atoms with Crippen LogP contribution in [0.3, 0.4) is 0 Å². The van der Waals surface area contributed by atoms with Crippen LogP contribution >= 0.6 is 11.8 Å². The molecule has 226 valence electrons. The third-order valence-electron chi connectivity index (χ3n) is 9.40. The molecule has 3 aliphatic heterocycles. The summed E-state index contributed by atoms with van der Waals surface area (Å²) in [5.74, 6) is -1.67. The summed E-state index contributed by atoms with van der Waals surface area (Å²) in [6.45, 7) is 11.9. The minimum absolute atomic E-state index is 0.187. The van der Waals surface area contributed by atoms with Gasteiger partial charge >= 0.3 is 0 Å². The van der Waals surface area contributed by atoms with Crippen molar-refractivity contribution in [2.24, 2.45) is 17.8 Å². The first-order chi connectivity index (χ1) is 20.1. The van der Waals surface area contributed by atoms with E-state index < -0.39 is 33.4 Å². The number of nitrogens with one attached hydrogen (secondary N) is 2. The van der Waals surface area contributed by atoms with E-state index in [1.54, 1.807) is 16.7 Å². The van der Waals surface area contributed by atoms with Gasteiger partial charge in [-0.25, -0.2) is 0 Å². The Balaban J connectivity index is 1.50. The van der Waals surface area contributed by atoms with Gasteiger partial charge in [0.05, 0.1) is 29.2 Å². The Morgan fingerprint density at radius 3 is 2.21 bits per heavy atom. The minimum Gasteiger partial charge on any atom is -0.394 e. The first-order valence-electron chi connectivity index (χ1n) is 15.2. The van der Waals surface area contributed by atoms with Gasteiger partial charge in [-0.1, -0.05) is 32.0 Å². The number of nitrogens with zero attached hydrogens (tertiary/aromatic N) is 2. The fourth-order valence-corrected chi connectivity index (χ4v) is 9.92. The maximum atomic E-state index is 14.5. The van der Waals surface area contributed by atoms with Crippen LogP contribution in [-0.4, -0.2) is 69.0 Å². The van der Waals surface area contributed by atoms with Crippen LogP contribution in [0.5, 0.6) is 0 Å². The fraction of sp³-hybridized carbons (Fsp3) is 0.545. The van der Waals surface area contributed by atoms with Crippen molar-refractivity contribution in [1.82, 2.24) is 4.90 Å². The van der Waals surface area contributed by atoms with Crippen LogP contribution in [-0.2, 0) is 14.4 Å². The number of aliphatic hydroxyl groups is 1. The van der Waals surface area contributed by atoms with Crippen LogP contribution in [0.25, 0.3) is 0 Å². The molecule has 1 spiro atoms. The van der Waals surface area contributed by atoms with Gasteiger partial charge in [-0.05, 0) is 82.3 Å². The number of anilines is 3. The number of thioether (sulfide) groups is 1. The van der Waals surface area contributed by atoms with Gasteiger partial charge < -0.3 is 25.5 Å². The monoisotopic (exact) mass is 592 g/mol. The highest BCUT2D eigenvalue weighted by molar-refractivity contribution is 8.02.